The van der Waals surface area contributed by atoms with Gasteiger partial charge in [0.2, 0.25) is 11.8 Å². The third-order valence-electron chi connectivity index (χ3n) is 4.95. The molecule has 4 heteroatoms. The number of para-hydroxylation sites is 1. The molecule has 3 rings (SSSR count). The van der Waals surface area contributed by atoms with Gasteiger partial charge in [0.05, 0.1) is 0 Å². The normalized spacial score (nSPS) is 13.2. The van der Waals surface area contributed by atoms with Crippen molar-refractivity contribution in [1.82, 2.24) is 4.90 Å². The van der Waals surface area contributed by atoms with Gasteiger partial charge in [-0.05, 0) is 37.0 Å². The Morgan fingerprint density at radius 2 is 1.81 bits per heavy atom. The summed E-state index contributed by atoms with van der Waals surface area (Å²) < 4.78 is 0. The highest BCUT2D eigenvalue weighted by Gasteiger charge is 2.22. The summed E-state index contributed by atoms with van der Waals surface area (Å²) in [5.74, 6) is 0.0877. The van der Waals surface area contributed by atoms with Crippen LogP contribution in [0.3, 0.4) is 0 Å². The van der Waals surface area contributed by atoms with Crippen molar-refractivity contribution in [3.8, 4) is 0 Å². The number of hydrogen-bond donors (Lipinski definition) is 0. The van der Waals surface area contributed by atoms with Gasteiger partial charge in [0.15, 0.2) is 0 Å². The number of benzene rings is 2. The first-order valence-corrected chi connectivity index (χ1v) is 9.24. The third-order valence-corrected chi connectivity index (χ3v) is 4.95. The lowest BCUT2D eigenvalue weighted by Gasteiger charge is -2.30. The van der Waals surface area contributed by atoms with E-state index in [1.54, 1.807) is 11.8 Å². The number of fused-ring (bicyclic) bond motifs is 1. The van der Waals surface area contributed by atoms with Gasteiger partial charge >= 0.3 is 0 Å². The lowest BCUT2D eigenvalue weighted by atomic mass is 10.0. The lowest BCUT2D eigenvalue weighted by molar-refractivity contribution is -0.130. The molecule has 1 aliphatic rings. The largest absolute Gasteiger partial charge is 0.338 e. The van der Waals surface area contributed by atoms with Crippen molar-refractivity contribution in [1.29, 1.82) is 0 Å². The summed E-state index contributed by atoms with van der Waals surface area (Å²) in [5.41, 5.74) is 4.54. The number of hydrogen-bond acceptors (Lipinski definition) is 2. The van der Waals surface area contributed by atoms with E-state index in [2.05, 4.69) is 6.07 Å². The van der Waals surface area contributed by atoms with Crippen LogP contribution in [0.5, 0.6) is 0 Å². The van der Waals surface area contributed by atoms with Crippen LogP contribution in [0.4, 0.5) is 5.69 Å². The molecule has 26 heavy (non-hydrogen) atoms. The fourth-order valence-corrected chi connectivity index (χ4v) is 3.42. The van der Waals surface area contributed by atoms with Crippen LogP contribution in [0, 0.1) is 6.92 Å². The van der Waals surface area contributed by atoms with Crippen molar-refractivity contribution in [2.24, 2.45) is 0 Å². The van der Waals surface area contributed by atoms with Crippen LogP contribution in [0.1, 0.15) is 36.5 Å². The zero-order valence-electron chi connectivity index (χ0n) is 15.6. The quantitative estimate of drug-likeness (QED) is 0.825. The van der Waals surface area contributed by atoms with Gasteiger partial charge in [-0.1, -0.05) is 48.0 Å². The Kier molecular flexibility index (Phi) is 5.71. The zero-order valence-corrected chi connectivity index (χ0v) is 15.6. The molecule has 0 saturated heterocycles. The van der Waals surface area contributed by atoms with Crippen LogP contribution in [0.15, 0.2) is 48.5 Å². The molecule has 2 aromatic rings. The van der Waals surface area contributed by atoms with E-state index in [1.807, 2.05) is 54.3 Å². The molecule has 0 saturated carbocycles. The Hall–Kier alpha value is -2.62. The van der Waals surface area contributed by atoms with E-state index < -0.39 is 0 Å². The van der Waals surface area contributed by atoms with Gasteiger partial charge < -0.3 is 9.80 Å². The molecular weight excluding hydrogens is 324 g/mol. The van der Waals surface area contributed by atoms with Gasteiger partial charge in [-0.2, -0.15) is 0 Å². The van der Waals surface area contributed by atoms with Gasteiger partial charge in [0.1, 0.15) is 0 Å². The molecule has 0 aromatic heterocycles. The first kappa shape index (κ1) is 18.2. The molecule has 0 aliphatic carbocycles. The van der Waals surface area contributed by atoms with Gasteiger partial charge in [-0.3, -0.25) is 9.59 Å². The first-order chi connectivity index (χ1) is 12.5. The number of amides is 2. The van der Waals surface area contributed by atoms with Gasteiger partial charge in [-0.15, -0.1) is 0 Å². The maximum absolute atomic E-state index is 12.8. The average molecular weight is 350 g/mol. The van der Waals surface area contributed by atoms with E-state index in [1.165, 1.54) is 11.1 Å². The Balaban J connectivity index is 1.63. The molecule has 0 radical (unpaired) electrons. The minimum Gasteiger partial charge on any atom is -0.338 e. The SMILES string of the molecule is CC(=O)N(CCC(=O)N1CCCc2ccccc21)Cc1ccc(C)cc1. The van der Waals surface area contributed by atoms with Crippen molar-refractivity contribution in [2.45, 2.75) is 39.7 Å². The molecule has 4 nitrogen and oxygen atoms in total. The Morgan fingerprint density at radius 3 is 2.54 bits per heavy atom. The first-order valence-electron chi connectivity index (χ1n) is 9.24. The highest BCUT2D eigenvalue weighted by Crippen LogP contribution is 2.27. The molecule has 0 N–H and O–H groups in total. The highest BCUT2D eigenvalue weighted by molar-refractivity contribution is 5.94. The number of aryl methyl sites for hydroxylation is 2. The maximum Gasteiger partial charge on any atom is 0.228 e. The average Bonchev–Trinajstić information content (AvgIpc) is 2.65. The summed E-state index contributed by atoms with van der Waals surface area (Å²) in [4.78, 5) is 28.4. The van der Waals surface area contributed by atoms with Crippen LogP contribution in [-0.4, -0.2) is 29.8 Å². The second-order valence-electron chi connectivity index (χ2n) is 6.95. The van der Waals surface area contributed by atoms with E-state index in [9.17, 15) is 9.59 Å². The van der Waals surface area contributed by atoms with Crippen LogP contribution >= 0.6 is 0 Å². The molecule has 0 bridgehead atoms. The fraction of sp³-hybridized carbons (Fsp3) is 0.364. The molecule has 1 heterocycles. The minimum atomic E-state index is -0.00239. The second-order valence-corrected chi connectivity index (χ2v) is 6.95. The van der Waals surface area contributed by atoms with Crippen LogP contribution in [0.2, 0.25) is 0 Å². The third kappa shape index (κ3) is 4.31. The lowest BCUT2D eigenvalue weighted by Crippen LogP contribution is -2.38. The van der Waals surface area contributed by atoms with Crippen molar-refractivity contribution in [2.75, 3.05) is 18.0 Å². The molecule has 1 aliphatic heterocycles. The summed E-state index contributed by atoms with van der Waals surface area (Å²) in [6.45, 7) is 5.35. The van der Waals surface area contributed by atoms with Gasteiger partial charge in [0.25, 0.3) is 0 Å². The highest BCUT2D eigenvalue weighted by atomic mass is 16.2. The Bertz CT molecular complexity index is 783. The second kappa shape index (κ2) is 8.17. The number of rotatable bonds is 5. The van der Waals surface area contributed by atoms with Crippen LogP contribution in [-0.2, 0) is 22.6 Å². The van der Waals surface area contributed by atoms with Crippen LogP contribution in [0.25, 0.3) is 0 Å². The number of carbonyl (C=O) groups excluding carboxylic acids is 2. The topological polar surface area (TPSA) is 40.6 Å². The summed E-state index contributed by atoms with van der Waals surface area (Å²) in [5, 5.41) is 0. The molecular formula is C22H26N2O2. The number of nitrogens with zero attached hydrogens (tertiary/aromatic N) is 2. The van der Waals surface area contributed by atoms with Crippen molar-refractivity contribution >= 4 is 17.5 Å². The van der Waals surface area contributed by atoms with Crippen molar-refractivity contribution in [3.05, 3.63) is 65.2 Å². The van der Waals surface area contributed by atoms with Crippen molar-refractivity contribution in [3.63, 3.8) is 0 Å². The van der Waals surface area contributed by atoms with Crippen LogP contribution < -0.4 is 4.90 Å². The molecule has 0 spiro atoms. The predicted octanol–water partition coefficient (Wildman–Crippen LogP) is 3.71. The molecule has 0 fully saturated rings. The molecule has 2 amide bonds. The van der Waals surface area contributed by atoms with Crippen molar-refractivity contribution < 1.29 is 9.59 Å². The Morgan fingerprint density at radius 1 is 1.08 bits per heavy atom. The minimum absolute atomic E-state index is 0.00239. The zero-order chi connectivity index (χ0) is 18.5. The summed E-state index contributed by atoms with van der Waals surface area (Å²) in [6, 6.07) is 16.3. The molecule has 2 aromatic carbocycles. The summed E-state index contributed by atoms with van der Waals surface area (Å²) in [6.07, 6.45) is 2.36. The molecule has 0 atom stereocenters. The molecule has 136 valence electrons. The smallest absolute Gasteiger partial charge is 0.228 e. The van der Waals surface area contributed by atoms with E-state index >= 15 is 0 Å². The standard InChI is InChI=1S/C22H26N2O2/c1-17-9-11-19(12-10-17)16-23(18(2)25)15-13-22(26)24-14-5-7-20-6-3-4-8-21(20)24/h3-4,6,8-12H,5,7,13-16H2,1-2H3. The fourth-order valence-electron chi connectivity index (χ4n) is 3.42. The van der Waals surface area contributed by atoms with E-state index in [0.717, 1.165) is 30.6 Å². The number of carbonyl (C=O) groups is 2. The predicted molar refractivity (Wildman–Crippen MR) is 104 cm³/mol. The van der Waals surface area contributed by atoms with E-state index in [0.29, 0.717) is 19.5 Å². The van der Waals surface area contributed by atoms with E-state index in [-0.39, 0.29) is 11.8 Å². The summed E-state index contributed by atoms with van der Waals surface area (Å²) in [7, 11) is 0. The molecule has 0 unspecified atom stereocenters. The maximum atomic E-state index is 12.8. The van der Waals surface area contributed by atoms with Gasteiger partial charge in [0, 0.05) is 38.7 Å². The Labute approximate surface area is 155 Å². The van der Waals surface area contributed by atoms with E-state index in [4.69, 9.17) is 0 Å². The number of anilines is 1. The van der Waals surface area contributed by atoms with Gasteiger partial charge in [-0.25, -0.2) is 0 Å². The monoisotopic (exact) mass is 350 g/mol. The summed E-state index contributed by atoms with van der Waals surface area (Å²) >= 11 is 0.